The average molecular weight is 569 g/mol. The van der Waals surface area contributed by atoms with E-state index in [1.54, 1.807) is 31.6 Å². The zero-order valence-corrected chi connectivity index (χ0v) is 23.6. The Kier molecular flexibility index (Phi) is 8.43. The number of rotatable bonds is 7. The molecule has 3 aromatic rings. The van der Waals surface area contributed by atoms with E-state index >= 15 is 0 Å². The second kappa shape index (κ2) is 12.5. The first-order chi connectivity index (χ1) is 20.1. The number of methoxy groups -OCH3 is 1. The summed E-state index contributed by atoms with van der Waals surface area (Å²) < 4.78 is 21.9. The monoisotopic (exact) mass is 568 g/mol. The summed E-state index contributed by atoms with van der Waals surface area (Å²) in [6, 6.07) is 4.36. The molecule has 3 aromatic heterocycles. The molecular formula is C30H45FN8O2. The fourth-order valence-electron chi connectivity index (χ4n) is 6.19. The molecule has 6 rings (SSSR count). The van der Waals surface area contributed by atoms with Crippen LogP contribution in [0.3, 0.4) is 0 Å². The third-order valence-electron chi connectivity index (χ3n) is 8.55. The summed E-state index contributed by atoms with van der Waals surface area (Å²) in [5, 5.41) is 10.8. The molecule has 5 heterocycles. The molecule has 0 bridgehead atoms. The Labute approximate surface area is 244 Å². The summed E-state index contributed by atoms with van der Waals surface area (Å²) in [7, 11) is 1.61. The maximum atomic E-state index is 14.2. The number of carbonyl (C=O) groups is 1. The fraction of sp³-hybridized carbons (Fsp3) is 0.533. The zero-order valence-electron chi connectivity index (χ0n) is 23.6. The summed E-state index contributed by atoms with van der Waals surface area (Å²) >= 11 is 0. The first-order valence-electron chi connectivity index (χ1n) is 14.8. The van der Waals surface area contributed by atoms with Crippen molar-refractivity contribution in [2.75, 3.05) is 43.5 Å². The summed E-state index contributed by atoms with van der Waals surface area (Å²) in [4.78, 5) is 29.2. The number of nitrogens with zero attached hydrogens (tertiary/aromatic N) is 5. The number of aromatic nitrogens is 4. The van der Waals surface area contributed by atoms with Crippen molar-refractivity contribution < 1.29 is 18.2 Å². The molecule has 0 spiro atoms. The van der Waals surface area contributed by atoms with Gasteiger partial charge in [-0.3, -0.25) is 4.79 Å². The highest BCUT2D eigenvalue weighted by molar-refractivity contribution is 6.07. The molecule has 2 aliphatic heterocycles. The fourth-order valence-corrected chi connectivity index (χ4v) is 6.19. The molecule has 224 valence electrons. The lowest BCUT2D eigenvalue weighted by atomic mass is 10.1. The van der Waals surface area contributed by atoms with Crippen molar-refractivity contribution in [3.8, 4) is 0 Å². The lowest BCUT2D eigenvalue weighted by molar-refractivity contribution is 0.0913. The van der Waals surface area contributed by atoms with Gasteiger partial charge < -0.3 is 30.2 Å². The highest BCUT2D eigenvalue weighted by Crippen LogP contribution is 2.35. The maximum Gasteiger partial charge on any atom is 0.253 e. The van der Waals surface area contributed by atoms with Gasteiger partial charge in [0.05, 0.1) is 17.2 Å². The van der Waals surface area contributed by atoms with Gasteiger partial charge in [-0.25, -0.2) is 14.4 Å². The van der Waals surface area contributed by atoms with Gasteiger partial charge in [0.15, 0.2) is 0 Å². The van der Waals surface area contributed by atoms with Crippen molar-refractivity contribution in [1.29, 1.82) is 0 Å². The molecule has 1 saturated carbocycles. The maximum absolute atomic E-state index is 14.2. The van der Waals surface area contributed by atoms with Crippen molar-refractivity contribution in [2.24, 2.45) is 0 Å². The lowest BCUT2D eigenvalue weighted by Crippen LogP contribution is -2.42. The number of amides is 1. The number of nitrogens with one attached hydrogen (secondary N) is 3. The van der Waals surface area contributed by atoms with Crippen LogP contribution < -0.4 is 20.9 Å². The molecule has 3 aliphatic rings. The minimum absolute atomic E-state index is 0. The summed E-state index contributed by atoms with van der Waals surface area (Å²) in [5.74, 6) is 1.55. The van der Waals surface area contributed by atoms with Gasteiger partial charge in [0.2, 0.25) is 5.95 Å². The summed E-state index contributed by atoms with van der Waals surface area (Å²) in [6.45, 7) is 2.91. The zero-order chi connectivity index (χ0) is 28.2. The minimum Gasteiger partial charge on any atom is -0.381 e. The van der Waals surface area contributed by atoms with E-state index in [0.717, 1.165) is 49.7 Å². The van der Waals surface area contributed by atoms with E-state index < -0.39 is 0 Å². The smallest absolute Gasteiger partial charge is 0.253 e. The second-order valence-electron chi connectivity index (χ2n) is 11.3. The van der Waals surface area contributed by atoms with E-state index in [0.29, 0.717) is 55.1 Å². The van der Waals surface area contributed by atoms with Crippen LogP contribution in [0, 0.1) is 0 Å². The second-order valence-corrected chi connectivity index (χ2v) is 11.3. The molecule has 10 nitrogen and oxygen atoms in total. The molecule has 1 atom stereocenters. The molecule has 0 radical (unpaired) electrons. The third kappa shape index (κ3) is 6.36. The van der Waals surface area contributed by atoms with Crippen LogP contribution in [0.5, 0.6) is 0 Å². The Morgan fingerprint density at radius 1 is 1.15 bits per heavy atom. The van der Waals surface area contributed by atoms with Gasteiger partial charge in [-0.1, -0.05) is 12.8 Å². The predicted octanol–water partition coefficient (Wildman–Crippen LogP) is 5.37. The number of carbonyl (C=O) groups excluding carboxylic acids is 1. The topological polar surface area (TPSA) is 109 Å². The largest absolute Gasteiger partial charge is 0.381 e. The predicted molar refractivity (Wildman–Crippen MR) is 164 cm³/mol. The molecule has 11 heteroatoms. The Balaban J connectivity index is 0.00000176. The normalized spacial score (nSPS) is 22.2. The van der Waals surface area contributed by atoms with E-state index in [1.165, 1.54) is 12.8 Å². The van der Waals surface area contributed by atoms with Crippen LogP contribution in [0.15, 0.2) is 42.6 Å². The molecule has 1 saturated heterocycles. The Morgan fingerprint density at radius 3 is 2.78 bits per heavy atom. The van der Waals surface area contributed by atoms with Crippen molar-refractivity contribution in [3.05, 3.63) is 48.2 Å². The number of fused-ring (bicyclic) bond motifs is 1. The SMILES string of the molecule is CO[C@@H]1CCN(c2nccc(Nc3cc4c(cn3)c(C(=O)NC3CCNCC3)cn4C3CCCC3)n2)C/C=C(/F)C1.[HH].[HH].[HH]. The van der Waals surface area contributed by atoms with Gasteiger partial charge in [-0.15, -0.1) is 0 Å². The van der Waals surface area contributed by atoms with Gasteiger partial charge in [0.1, 0.15) is 17.5 Å². The Hall–Kier alpha value is -3.57. The molecular weight excluding hydrogens is 523 g/mol. The Morgan fingerprint density at radius 2 is 1.98 bits per heavy atom. The minimum atomic E-state index is -0.178. The number of pyridine rings is 1. The van der Waals surface area contributed by atoms with E-state index in [1.807, 2.05) is 17.2 Å². The standard InChI is InChI=1S/C30H39FN8O2.3H2/c1-41-23-10-15-38(14-9-20(31)16-23)30-33-13-8-27(37-30)36-28-17-26-24(18-34-28)25(19-39(26)22-4-2-3-5-22)29(40)35-21-6-11-32-12-7-21;;;/h8-9,13,17-19,21-23,32H,2-7,10-12,14-16H2,1H3,(H,35,40)(H,33,34,36,37);3*1H/b20-9+;;;/t23-;;;/m1.../s1. The van der Waals surface area contributed by atoms with E-state index in [-0.39, 0.29) is 28.2 Å². The van der Waals surface area contributed by atoms with E-state index in [2.05, 4.69) is 30.5 Å². The van der Waals surface area contributed by atoms with Gasteiger partial charge in [0, 0.05) is 73.0 Å². The quantitative estimate of drug-likeness (QED) is 0.349. The molecule has 0 unspecified atom stereocenters. The lowest BCUT2D eigenvalue weighted by Gasteiger charge is -2.26. The van der Waals surface area contributed by atoms with E-state index in [4.69, 9.17) is 9.72 Å². The number of anilines is 3. The van der Waals surface area contributed by atoms with Crippen molar-refractivity contribution in [3.63, 3.8) is 0 Å². The van der Waals surface area contributed by atoms with Crippen LogP contribution in [0.2, 0.25) is 0 Å². The molecule has 1 amide bonds. The molecule has 2 fully saturated rings. The summed E-state index contributed by atoms with van der Waals surface area (Å²) in [5.41, 5.74) is 1.68. The van der Waals surface area contributed by atoms with Crippen molar-refractivity contribution in [1.82, 2.24) is 30.2 Å². The highest BCUT2D eigenvalue weighted by Gasteiger charge is 2.25. The number of ether oxygens (including phenoxy) is 1. The van der Waals surface area contributed by atoms with Crippen LogP contribution in [-0.2, 0) is 4.74 Å². The van der Waals surface area contributed by atoms with Crippen LogP contribution in [-0.4, -0.2) is 70.9 Å². The first-order valence-corrected chi connectivity index (χ1v) is 14.8. The number of hydrogen-bond donors (Lipinski definition) is 3. The summed E-state index contributed by atoms with van der Waals surface area (Å²) in [6.07, 6.45) is 14.4. The first kappa shape index (κ1) is 27.6. The molecule has 0 aromatic carbocycles. The van der Waals surface area contributed by atoms with Gasteiger partial charge >= 0.3 is 0 Å². The molecule has 1 aliphatic carbocycles. The number of hydrogen-bond acceptors (Lipinski definition) is 8. The van der Waals surface area contributed by atoms with Crippen LogP contribution in [0.25, 0.3) is 10.9 Å². The van der Waals surface area contributed by atoms with Gasteiger partial charge in [0.25, 0.3) is 5.91 Å². The average Bonchev–Trinajstić information content (AvgIpc) is 3.64. The molecule has 41 heavy (non-hydrogen) atoms. The third-order valence-corrected chi connectivity index (χ3v) is 8.55. The molecule has 3 N–H and O–H groups in total. The van der Waals surface area contributed by atoms with E-state index in [9.17, 15) is 9.18 Å². The van der Waals surface area contributed by atoms with Gasteiger partial charge in [-0.05, 0) is 57.3 Å². The number of piperidine rings is 1. The number of halogens is 1. The highest BCUT2D eigenvalue weighted by atomic mass is 19.1. The van der Waals surface area contributed by atoms with Crippen LogP contribution in [0.4, 0.5) is 22.0 Å². The van der Waals surface area contributed by atoms with Gasteiger partial charge in [-0.2, -0.15) is 4.98 Å². The van der Waals surface area contributed by atoms with Crippen molar-refractivity contribution >= 4 is 34.4 Å². The van der Waals surface area contributed by atoms with Crippen LogP contribution in [0.1, 0.15) is 72.0 Å². The Bertz CT molecular complexity index is 1410. The van der Waals surface area contributed by atoms with Crippen molar-refractivity contribution in [2.45, 2.75) is 69.6 Å². The van der Waals surface area contributed by atoms with Crippen LogP contribution >= 0.6 is 0 Å².